The van der Waals surface area contributed by atoms with E-state index < -0.39 is 16.1 Å². The largest absolute Gasteiger partial charge is 0.495 e. The van der Waals surface area contributed by atoms with Crippen molar-refractivity contribution in [3.05, 3.63) is 36.0 Å². The first-order valence-corrected chi connectivity index (χ1v) is 9.98. The Hall–Kier alpha value is -1.97. The van der Waals surface area contributed by atoms with Crippen molar-refractivity contribution in [3.63, 3.8) is 0 Å². The minimum atomic E-state index is -3.77. The number of para-hydroxylation sites is 1. The summed E-state index contributed by atoms with van der Waals surface area (Å²) in [5.74, 6) is 1.03. The first kappa shape index (κ1) is 18.8. The lowest BCUT2D eigenvalue weighted by atomic mass is 10.1. The summed E-state index contributed by atoms with van der Waals surface area (Å²) in [6.07, 6.45) is 3.28. The number of rotatable bonds is 6. The van der Waals surface area contributed by atoms with Crippen LogP contribution in [0.2, 0.25) is 0 Å². The van der Waals surface area contributed by atoms with Crippen LogP contribution in [0, 0.1) is 0 Å². The van der Waals surface area contributed by atoms with Crippen LogP contribution in [0.25, 0.3) is 0 Å². The molecule has 2 heterocycles. The molecule has 1 saturated heterocycles. The number of methoxy groups -OCH3 is 2. The Morgan fingerprint density at radius 1 is 1.23 bits per heavy atom. The zero-order valence-electron chi connectivity index (χ0n) is 14.9. The van der Waals surface area contributed by atoms with E-state index in [9.17, 15) is 8.42 Å². The summed E-state index contributed by atoms with van der Waals surface area (Å²) in [4.78, 5) is 4.47. The molecule has 1 aromatic carbocycles. The number of ether oxygens (including phenoxy) is 2. The van der Waals surface area contributed by atoms with Crippen molar-refractivity contribution in [3.8, 4) is 5.75 Å². The quantitative estimate of drug-likeness (QED) is 0.759. The lowest BCUT2D eigenvalue weighted by Crippen LogP contribution is -2.35. The zero-order valence-corrected chi connectivity index (χ0v) is 15.7. The third-order valence-electron chi connectivity index (χ3n) is 4.41. The number of nitrogens with zero attached hydrogens (tertiary/aromatic N) is 3. The molecule has 26 heavy (non-hydrogen) atoms. The number of benzene rings is 1. The fraction of sp³-hybridized carbons (Fsp3) is 0.529. The molecule has 0 N–H and O–H groups in total. The van der Waals surface area contributed by atoms with Crippen LogP contribution in [0.3, 0.4) is 0 Å². The van der Waals surface area contributed by atoms with E-state index in [0.29, 0.717) is 30.4 Å². The minimum Gasteiger partial charge on any atom is -0.495 e. The molecule has 2 aromatic rings. The Bertz CT molecular complexity index is 836. The molecule has 0 spiro atoms. The van der Waals surface area contributed by atoms with Crippen molar-refractivity contribution >= 4 is 10.0 Å². The summed E-state index contributed by atoms with van der Waals surface area (Å²) < 4.78 is 43.7. The summed E-state index contributed by atoms with van der Waals surface area (Å²) in [5.41, 5.74) is 0. The van der Waals surface area contributed by atoms with Gasteiger partial charge in [0.05, 0.1) is 13.2 Å². The first-order chi connectivity index (χ1) is 12.6. The molecular formula is C17H23N3O5S. The molecule has 0 bridgehead atoms. The van der Waals surface area contributed by atoms with E-state index >= 15 is 0 Å². The van der Waals surface area contributed by atoms with Gasteiger partial charge in [-0.3, -0.25) is 0 Å². The summed E-state index contributed by atoms with van der Waals surface area (Å²) in [5, 5.41) is 4.00. The van der Waals surface area contributed by atoms with E-state index in [1.54, 1.807) is 24.3 Å². The van der Waals surface area contributed by atoms with Gasteiger partial charge >= 0.3 is 0 Å². The van der Waals surface area contributed by atoms with Crippen LogP contribution in [0.15, 0.2) is 33.7 Å². The van der Waals surface area contributed by atoms with Crippen molar-refractivity contribution in [2.24, 2.45) is 0 Å². The van der Waals surface area contributed by atoms with Gasteiger partial charge in [0.1, 0.15) is 17.3 Å². The Kier molecular flexibility index (Phi) is 5.90. The lowest BCUT2D eigenvalue weighted by Gasteiger charge is -2.27. The second-order valence-corrected chi connectivity index (χ2v) is 7.97. The van der Waals surface area contributed by atoms with E-state index in [4.69, 9.17) is 14.0 Å². The predicted molar refractivity (Wildman–Crippen MR) is 93.1 cm³/mol. The molecule has 0 radical (unpaired) electrons. The lowest BCUT2D eigenvalue weighted by molar-refractivity contribution is 0.151. The Morgan fingerprint density at radius 2 is 2.04 bits per heavy atom. The molecule has 1 aromatic heterocycles. The van der Waals surface area contributed by atoms with Crippen molar-refractivity contribution in [1.82, 2.24) is 14.4 Å². The fourth-order valence-electron chi connectivity index (χ4n) is 3.17. The predicted octanol–water partition coefficient (Wildman–Crippen LogP) is 2.53. The molecular weight excluding hydrogens is 358 g/mol. The molecule has 9 heteroatoms. The highest BCUT2D eigenvalue weighted by atomic mass is 32.2. The van der Waals surface area contributed by atoms with E-state index in [0.717, 1.165) is 19.3 Å². The number of hydrogen-bond acceptors (Lipinski definition) is 7. The Balaban J connectivity index is 2.00. The average Bonchev–Trinajstić information content (AvgIpc) is 2.96. The van der Waals surface area contributed by atoms with Gasteiger partial charge in [0.25, 0.3) is 5.89 Å². The second-order valence-electron chi connectivity index (χ2n) is 6.11. The molecule has 0 unspecified atom stereocenters. The molecule has 1 aliphatic heterocycles. The van der Waals surface area contributed by atoms with E-state index in [2.05, 4.69) is 10.1 Å². The molecule has 0 aliphatic carbocycles. The van der Waals surface area contributed by atoms with Gasteiger partial charge in [0, 0.05) is 13.7 Å². The van der Waals surface area contributed by atoms with Gasteiger partial charge in [-0.2, -0.15) is 9.29 Å². The smallest absolute Gasteiger partial charge is 0.252 e. The topological polar surface area (TPSA) is 94.8 Å². The monoisotopic (exact) mass is 381 g/mol. The van der Waals surface area contributed by atoms with Crippen LogP contribution >= 0.6 is 0 Å². The van der Waals surface area contributed by atoms with Gasteiger partial charge in [-0.25, -0.2) is 8.42 Å². The highest BCUT2D eigenvalue weighted by Crippen LogP contribution is 2.36. The number of hydrogen-bond donors (Lipinski definition) is 0. The van der Waals surface area contributed by atoms with Crippen LogP contribution in [0.1, 0.15) is 43.4 Å². The molecule has 0 amide bonds. The van der Waals surface area contributed by atoms with Crippen LogP contribution in [0.4, 0.5) is 0 Å². The van der Waals surface area contributed by atoms with Crippen molar-refractivity contribution in [1.29, 1.82) is 0 Å². The molecule has 1 atom stereocenters. The van der Waals surface area contributed by atoms with Gasteiger partial charge in [-0.1, -0.05) is 30.1 Å². The van der Waals surface area contributed by atoms with Gasteiger partial charge < -0.3 is 14.0 Å². The highest BCUT2D eigenvalue weighted by molar-refractivity contribution is 7.89. The van der Waals surface area contributed by atoms with E-state index in [-0.39, 0.29) is 11.5 Å². The third kappa shape index (κ3) is 3.74. The van der Waals surface area contributed by atoms with Crippen molar-refractivity contribution in [2.75, 3.05) is 20.8 Å². The normalized spacial score (nSPS) is 19.2. The standard InChI is InChI=1S/C17H23N3O5S/c1-23-12-16-18-17(19-25-16)13-8-4-3-7-11-20(13)26(21,22)15-10-6-5-9-14(15)24-2/h5-6,9-10,13H,3-4,7-8,11-12H2,1-2H3/t13-/m1/s1. The van der Waals surface area contributed by atoms with Gasteiger partial charge in [0.15, 0.2) is 5.82 Å². The summed E-state index contributed by atoms with van der Waals surface area (Å²) in [6, 6.07) is 6.16. The molecule has 3 rings (SSSR count). The van der Waals surface area contributed by atoms with Crippen LogP contribution in [-0.4, -0.2) is 43.6 Å². The Morgan fingerprint density at radius 3 is 2.81 bits per heavy atom. The third-order valence-corrected chi connectivity index (χ3v) is 6.36. The number of sulfonamides is 1. The molecule has 0 saturated carbocycles. The highest BCUT2D eigenvalue weighted by Gasteiger charge is 2.37. The SMILES string of the molecule is COCc1nc([C@H]2CCCCCN2S(=O)(=O)c2ccccc2OC)no1. The van der Waals surface area contributed by atoms with Crippen LogP contribution < -0.4 is 4.74 Å². The van der Waals surface area contributed by atoms with Crippen molar-refractivity contribution in [2.45, 2.75) is 43.2 Å². The fourth-order valence-corrected chi connectivity index (χ4v) is 4.98. The van der Waals surface area contributed by atoms with Gasteiger partial charge in [0.2, 0.25) is 10.0 Å². The van der Waals surface area contributed by atoms with Gasteiger partial charge in [-0.05, 0) is 25.0 Å². The van der Waals surface area contributed by atoms with Crippen molar-refractivity contribution < 1.29 is 22.4 Å². The maximum Gasteiger partial charge on any atom is 0.252 e. The van der Waals surface area contributed by atoms with Crippen LogP contribution in [-0.2, 0) is 21.4 Å². The zero-order chi connectivity index (χ0) is 18.6. The maximum atomic E-state index is 13.4. The van der Waals surface area contributed by atoms with Crippen LogP contribution in [0.5, 0.6) is 5.75 Å². The average molecular weight is 381 g/mol. The van der Waals surface area contributed by atoms with E-state index in [1.807, 2.05) is 0 Å². The molecule has 8 nitrogen and oxygen atoms in total. The first-order valence-electron chi connectivity index (χ1n) is 8.54. The second kappa shape index (κ2) is 8.15. The molecule has 1 fully saturated rings. The molecule has 142 valence electrons. The molecule has 1 aliphatic rings. The number of aromatic nitrogens is 2. The summed E-state index contributed by atoms with van der Waals surface area (Å²) >= 11 is 0. The van der Waals surface area contributed by atoms with E-state index in [1.165, 1.54) is 18.5 Å². The minimum absolute atomic E-state index is 0.148. The summed E-state index contributed by atoms with van der Waals surface area (Å²) in [7, 11) is -0.775. The summed E-state index contributed by atoms with van der Waals surface area (Å²) in [6.45, 7) is 0.595. The maximum absolute atomic E-state index is 13.4. The van der Waals surface area contributed by atoms with Gasteiger partial charge in [-0.15, -0.1) is 0 Å². The Labute approximate surface area is 153 Å².